The van der Waals surface area contributed by atoms with Gasteiger partial charge in [0.25, 0.3) is 0 Å². The van der Waals surface area contributed by atoms with Gasteiger partial charge in [0.15, 0.2) is 23.3 Å². The predicted octanol–water partition coefficient (Wildman–Crippen LogP) is -1.53. The highest BCUT2D eigenvalue weighted by molar-refractivity contribution is 5.39. The summed E-state index contributed by atoms with van der Waals surface area (Å²) in [4.78, 5) is 0. The van der Waals surface area contributed by atoms with Crippen molar-refractivity contribution in [2.75, 3.05) is 0 Å². The summed E-state index contributed by atoms with van der Waals surface area (Å²) in [6, 6.07) is 0. The van der Waals surface area contributed by atoms with Gasteiger partial charge in [0.2, 0.25) is 0 Å². The van der Waals surface area contributed by atoms with Crippen LogP contribution >= 0.6 is 0 Å². The van der Waals surface area contributed by atoms with Crippen molar-refractivity contribution in [2.24, 2.45) is 0 Å². The van der Waals surface area contributed by atoms with Gasteiger partial charge in [-0.25, -0.2) is 0 Å². The number of hydrogen-bond donors (Lipinski definition) is 8. The van der Waals surface area contributed by atoms with E-state index >= 15 is 0 Å². The highest BCUT2D eigenvalue weighted by Crippen LogP contribution is 2.17. The van der Waals surface area contributed by atoms with Gasteiger partial charge in [-0.2, -0.15) is 0 Å². The van der Waals surface area contributed by atoms with Crippen molar-refractivity contribution in [1.82, 2.24) is 42.5 Å². The molecule has 0 aromatic carbocycles. The van der Waals surface area contributed by atoms with Crippen LogP contribution in [0.2, 0.25) is 0 Å². The van der Waals surface area contributed by atoms with Gasteiger partial charge in [-0.3, -0.25) is 0 Å². The second-order valence-corrected chi connectivity index (χ2v) is 4.47. The van der Waals surface area contributed by atoms with E-state index < -0.39 is 0 Å². The molecule has 0 atom stereocenters. The van der Waals surface area contributed by atoms with Crippen molar-refractivity contribution in [1.29, 1.82) is 0 Å². The van der Waals surface area contributed by atoms with E-state index in [1.165, 1.54) is 0 Å². The molecule has 4 aliphatic heterocycles. The van der Waals surface area contributed by atoms with E-state index in [1.807, 2.05) is 25.5 Å². The van der Waals surface area contributed by atoms with E-state index in [4.69, 9.17) is 0 Å². The Labute approximate surface area is 109 Å². The highest BCUT2D eigenvalue weighted by atomic mass is 15.4. The molecule has 4 aliphatic rings. The molecule has 0 aromatic heterocycles. The lowest BCUT2D eigenvalue weighted by Crippen LogP contribution is -2.34. The van der Waals surface area contributed by atoms with Crippen LogP contribution in [0.5, 0.6) is 0 Å². The second kappa shape index (κ2) is 3.55. The van der Waals surface area contributed by atoms with Crippen molar-refractivity contribution in [3.05, 3.63) is 59.2 Å². The van der Waals surface area contributed by atoms with Gasteiger partial charge in [-0.1, -0.05) is 0 Å². The summed E-state index contributed by atoms with van der Waals surface area (Å²) < 4.78 is 0. The Kier molecular flexibility index (Phi) is 1.88. The number of hydrogen-bond acceptors (Lipinski definition) is 8. The Balaban J connectivity index is 1.49. The van der Waals surface area contributed by atoms with Gasteiger partial charge in [0.05, 0.1) is 0 Å². The molecular formula is C11H14N8. The standard InChI is InChI=1S/C11H14N8/c1-5-4-14-7(15-5)9-18-10-11(19-9)17-8(16-10)6-12-2-3-13-6/h2-4,12-19H,1H3. The smallest absolute Gasteiger partial charge is 0.152 e. The third-order valence-electron chi connectivity index (χ3n) is 3.04. The normalized spacial score (nSPS) is 22.7. The Hall–Kier alpha value is -2.90. The van der Waals surface area contributed by atoms with Gasteiger partial charge >= 0.3 is 0 Å². The van der Waals surface area contributed by atoms with Crippen molar-refractivity contribution < 1.29 is 0 Å². The van der Waals surface area contributed by atoms with Gasteiger partial charge < -0.3 is 42.5 Å². The van der Waals surface area contributed by atoms with Crippen molar-refractivity contribution >= 4 is 0 Å². The zero-order valence-corrected chi connectivity index (χ0v) is 10.2. The van der Waals surface area contributed by atoms with Crippen LogP contribution in [-0.4, -0.2) is 0 Å². The Morgan fingerprint density at radius 1 is 0.579 bits per heavy atom. The SMILES string of the molecule is CC1=CNC(=C2NC3=C(NC(=C4NC=CN4)N3)N2)N1. The Morgan fingerprint density at radius 3 is 1.63 bits per heavy atom. The lowest BCUT2D eigenvalue weighted by Gasteiger charge is -2.14. The van der Waals surface area contributed by atoms with Crippen LogP contribution < -0.4 is 42.5 Å². The maximum absolute atomic E-state index is 3.27. The van der Waals surface area contributed by atoms with E-state index in [0.717, 1.165) is 40.6 Å². The van der Waals surface area contributed by atoms with Crippen molar-refractivity contribution in [3.8, 4) is 0 Å². The minimum atomic E-state index is 0.876. The van der Waals surface area contributed by atoms with Gasteiger partial charge in [0.1, 0.15) is 11.6 Å². The molecule has 0 amide bonds. The molecule has 8 nitrogen and oxygen atoms in total. The van der Waals surface area contributed by atoms with Crippen molar-refractivity contribution in [2.45, 2.75) is 6.92 Å². The summed E-state index contributed by atoms with van der Waals surface area (Å²) in [6.45, 7) is 2.00. The number of allylic oxidation sites excluding steroid dienone is 1. The van der Waals surface area contributed by atoms with Gasteiger partial charge in [-0.05, 0) is 6.92 Å². The van der Waals surface area contributed by atoms with Gasteiger partial charge in [0, 0.05) is 24.3 Å². The summed E-state index contributed by atoms with van der Waals surface area (Å²) in [5.41, 5.74) is 1.08. The molecule has 19 heavy (non-hydrogen) atoms. The average Bonchev–Trinajstić information content (AvgIpc) is 3.10. The predicted molar refractivity (Wildman–Crippen MR) is 69.1 cm³/mol. The maximum atomic E-state index is 3.27. The van der Waals surface area contributed by atoms with E-state index in [-0.39, 0.29) is 0 Å². The maximum Gasteiger partial charge on any atom is 0.152 e. The Bertz CT molecular complexity index is 574. The first-order valence-electron chi connectivity index (χ1n) is 5.99. The minimum Gasteiger partial charge on any atom is -0.344 e. The molecule has 0 fully saturated rings. The first-order chi connectivity index (χ1) is 9.29. The summed E-state index contributed by atoms with van der Waals surface area (Å²) in [7, 11) is 0. The van der Waals surface area contributed by atoms with Crippen LogP contribution in [0.25, 0.3) is 0 Å². The van der Waals surface area contributed by atoms with E-state index in [0.29, 0.717) is 0 Å². The fraction of sp³-hybridized carbons (Fsp3) is 0.0909. The molecule has 0 spiro atoms. The zero-order chi connectivity index (χ0) is 12.8. The molecule has 0 saturated carbocycles. The number of nitrogens with one attached hydrogen (secondary N) is 8. The molecule has 8 heteroatoms. The molecule has 0 bridgehead atoms. The first-order valence-corrected chi connectivity index (χ1v) is 5.99. The molecule has 0 aliphatic carbocycles. The molecule has 4 heterocycles. The van der Waals surface area contributed by atoms with Crippen LogP contribution in [0.15, 0.2) is 59.2 Å². The molecule has 4 rings (SSSR count). The molecule has 98 valence electrons. The van der Waals surface area contributed by atoms with Crippen LogP contribution in [-0.2, 0) is 0 Å². The van der Waals surface area contributed by atoms with E-state index in [9.17, 15) is 0 Å². The van der Waals surface area contributed by atoms with E-state index in [2.05, 4.69) is 42.5 Å². The fourth-order valence-corrected chi connectivity index (χ4v) is 2.15. The van der Waals surface area contributed by atoms with Crippen LogP contribution in [0.4, 0.5) is 0 Å². The van der Waals surface area contributed by atoms with Crippen LogP contribution in [0.1, 0.15) is 6.92 Å². The highest BCUT2D eigenvalue weighted by Gasteiger charge is 2.29. The molecular weight excluding hydrogens is 244 g/mol. The quantitative estimate of drug-likeness (QED) is 0.265. The lowest BCUT2D eigenvalue weighted by atomic mass is 10.5. The zero-order valence-electron chi connectivity index (χ0n) is 10.2. The Morgan fingerprint density at radius 2 is 1.11 bits per heavy atom. The minimum absolute atomic E-state index is 0.876. The first kappa shape index (κ1) is 10.1. The molecule has 8 N–H and O–H groups in total. The molecule has 0 saturated heterocycles. The molecule has 0 aromatic rings. The number of rotatable bonds is 0. The monoisotopic (exact) mass is 258 g/mol. The molecule has 0 unspecified atom stereocenters. The fourth-order valence-electron chi connectivity index (χ4n) is 2.15. The van der Waals surface area contributed by atoms with E-state index in [1.54, 1.807) is 0 Å². The summed E-state index contributed by atoms with van der Waals surface area (Å²) >= 11 is 0. The summed E-state index contributed by atoms with van der Waals surface area (Å²) in [6.07, 6.45) is 5.59. The second-order valence-electron chi connectivity index (χ2n) is 4.47. The van der Waals surface area contributed by atoms with Crippen LogP contribution in [0.3, 0.4) is 0 Å². The summed E-state index contributed by atoms with van der Waals surface area (Å²) in [5, 5.41) is 25.6. The third-order valence-corrected chi connectivity index (χ3v) is 3.04. The van der Waals surface area contributed by atoms with Gasteiger partial charge in [-0.15, -0.1) is 0 Å². The third kappa shape index (κ3) is 1.53. The average molecular weight is 258 g/mol. The van der Waals surface area contributed by atoms with Crippen molar-refractivity contribution in [3.63, 3.8) is 0 Å². The topological polar surface area (TPSA) is 96.2 Å². The van der Waals surface area contributed by atoms with Crippen LogP contribution in [0, 0.1) is 0 Å². The summed E-state index contributed by atoms with van der Waals surface area (Å²) in [5.74, 6) is 5.35. The lowest BCUT2D eigenvalue weighted by molar-refractivity contribution is 0.731. The molecule has 0 radical (unpaired) electrons. The largest absolute Gasteiger partial charge is 0.344 e.